The highest BCUT2D eigenvalue weighted by molar-refractivity contribution is 6.30. The van der Waals surface area contributed by atoms with Crippen LogP contribution >= 0.6 is 11.6 Å². The topological polar surface area (TPSA) is 72.7 Å². The minimum atomic E-state index is -0.429. The van der Waals surface area contributed by atoms with Crippen molar-refractivity contribution in [1.29, 1.82) is 0 Å². The molecule has 0 saturated heterocycles. The second kappa shape index (κ2) is 6.66. The first-order chi connectivity index (χ1) is 11.0. The zero-order valence-corrected chi connectivity index (χ0v) is 14.1. The summed E-state index contributed by atoms with van der Waals surface area (Å²) in [4.78, 5) is 21.4. The SMILES string of the molecule is Cc1nc(CNC(=O)[C@H](C)n2cc(Cl)cn2)nc2c1CCCC2. The fourth-order valence-corrected chi connectivity index (χ4v) is 3.03. The quantitative estimate of drug-likeness (QED) is 0.932. The van der Waals surface area contributed by atoms with E-state index in [9.17, 15) is 4.79 Å². The van der Waals surface area contributed by atoms with Crippen LogP contribution in [0.4, 0.5) is 0 Å². The van der Waals surface area contributed by atoms with Crippen LogP contribution in [0.25, 0.3) is 0 Å². The third kappa shape index (κ3) is 3.52. The van der Waals surface area contributed by atoms with Gasteiger partial charge in [0.2, 0.25) is 5.91 Å². The number of nitrogens with one attached hydrogen (secondary N) is 1. The van der Waals surface area contributed by atoms with Crippen LogP contribution in [-0.2, 0) is 24.2 Å². The van der Waals surface area contributed by atoms with Crippen molar-refractivity contribution in [2.45, 2.75) is 52.1 Å². The van der Waals surface area contributed by atoms with Crippen molar-refractivity contribution in [3.05, 3.63) is 40.2 Å². The van der Waals surface area contributed by atoms with E-state index in [0.717, 1.165) is 24.2 Å². The first-order valence-corrected chi connectivity index (χ1v) is 8.25. The van der Waals surface area contributed by atoms with Gasteiger partial charge in [-0.3, -0.25) is 9.48 Å². The fourth-order valence-electron chi connectivity index (χ4n) is 2.88. The Morgan fingerprint density at radius 3 is 2.91 bits per heavy atom. The second-order valence-electron chi connectivity index (χ2n) is 5.89. The maximum atomic E-state index is 12.2. The van der Waals surface area contributed by atoms with E-state index < -0.39 is 6.04 Å². The van der Waals surface area contributed by atoms with Gasteiger partial charge in [0.05, 0.1) is 17.8 Å². The van der Waals surface area contributed by atoms with Crippen molar-refractivity contribution in [2.75, 3.05) is 0 Å². The first-order valence-electron chi connectivity index (χ1n) is 7.87. The number of halogens is 1. The number of carbonyl (C=O) groups is 1. The zero-order valence-electron chi connectivity index (χ0n) is 13.3. The van der Waals surface area contributed by atoms with Crippen LogP contribution in [0.2, 0.25) is 5.02 Å². The van der Waals surface area contributed by atoms with Crippen LogP contribution < -0.4 is 5.32 Å². The van der Waals surface area contributed by atoms with Gasteiger partial charge in [-0.15, -0.1) is 0 Å². The molecule has 1 amide bonds. The molecule has 0 saturated carbocycles. The van der Waals surface area contributed by atoms with Crippen molar-refractivity contribution in [3.63, 3.8) is 0 Å². The summed E-state index contributed by atoms with van der Waals surface area (Å²) >= 11 is 5.83. The van der Waals surface area contributed by atoms with Crippen molar-refractivity contribution in [2.24, 2.45) is 0 Å². The molecule has 0 aromatic carbocycles. The van der Waals surface area contributed by atoms with Crippen LogP contribution in [0.3, 0.4) is 0 Å². The Bertz CT molecular complexity index is 727. The number of hydrogen-bond donors (Lipinski definition) is 1. The van der Waals surface area contributed by atoms with Crippen LogP contribution in [0, 0.1) is 6.92 Å². The lowest BCUT2D eigenvalue weighted by Gasteiger charge is -2.18. The van der Waals surface area contributed by atoms with Gasteiger partial charge < -0.3 is 5.32 Å². The molecule has 0 radical (unpaired) electrons. The molecular weight excluding hydrogens is 314 g/mol. The van der Waals surface area contributed by atoms with E-state index >= 15 is 0 Å². The molecule has 1 aliphatic carbocycles. The molecule has 0 unspecified atom stereocenters. The third-order valence-corrected chi connectivity index (χ3v) is 4.40. The zero-order chi connectivity index (χ0) is 16.4. The molecular formula is C16H20ClN5O. The smallest absolute Gasteiger partial charge is 0.244 e. The molecule has 6 nitrogen and oxygen atoms in total. The minimum absolute atomic E-state index is 0.135. The summed E-state index contributed by atoms with van der Waals surface area (Å²) in [6.45, 7) is 4.12. The van der Waals surface area contributed by atoms with Crippen LogP contribution in [0.15, 0.2) is 12.4 Å². The molecule has 7 heteroatoms. The Kier molecular flexibility index (Phi) is 4.61. The predicted molar refractivity (Wildman–Crippen MR) is 87.2 cm³/mol. The average Bonchev–Trinajstić information content (AvgIpc) is 2.98. The lowest BCUT2D eigenvalue weighted by atomic mass is 9.95. The molecule has 2 aromatic heterocycles. The Hall–Kier alpha value is -1.95. The molecule has 1 aliphatic rings. The van der Waals surface area contributed by atoms with Gasteiger partial charge in [-0.2, -0.15) is 5.10 Å². The van der Waals surface area contributed by atoms with E-state index in [0.29, 0.717) is 17.4 Å². The molecule has 0 fully saturated rings. The summed E-state index contributed by atoms with van der Waals surface area (Å²) in [5.74, 6) is 0.533. The van der Waals surface area contributed by atoms with Gasteiger partial charge in [-0.1, -0.05) is 11.6 Å². The Morgan fingerprint density at radius 2 is 2.17 bits per heavy atom. The van der Waals surface area contributed by atoms with E-state index in [-0.39, 0.29) is 5.91 Å². The average molecular weight is 334 g/mol. The Labute approximate surface area is 140 Å². The summed E-state index contributed by atoms with van der Waals surface area (Å²) < 4.78 is 1.54. The maximum Gasteiger partial charge on any atom is 0.244 e. The highest BCUT2D eigenvalue weighted by atomic mass is 35.5. The van der Waals surface area contributed by atoms with Crippen LogP contribution in [0.1, 0.15) is 48.6 Å². The van der Waals surface area contributed by atoms with Crippen molar-refractivity contribution >= 4 is 17.5 Å². The maximum absolute atomic E-state index is 12.2. The molecule has 2 heterocycles. The van der Waals surface area contributed by atoms with Crippen molar-refractivity contribution in [3.8, 4) is 0 Å². The molecule has 1 N–H and O–H groups in total. The van der Waals surface area contributed by atoms with Crippen molar-refractivity contribution in [1.82, 2.24) is 25.1 Å². The highest BCUT2D eigenvalue weighted by Gasteiger charge is 2.18. The molecule has 122 valence electrons. The summed E-state index contributed by atoms with van der Waals surface area (Å²) in [7, 11) is 0. The van der Waals surface area contributed by atoms with Gasteiger partial charge in [-0.25, -0.2) is 9.97 Å². The standard InChI is InChI=1S/C16H20ClN5O/c1-10-13-5-3-4-6-14(13)21-15(20-10)8-18-16(23)11(2)22-9-12(17)7-19-22/h7,9,11H,3-6,8H2,1-2H3,(H,18,23)/t11-/m0/s1. The Morgan fingerprint density at radius 1 is 1.39 bits per heavy atom. The number of aromatic nitrogens is 4. The monoisotopic (exact) mass is 333 g/mol. The van der Waals surface area contributed by atoms with Gasteiger partial charge >= 0.3 is 0 Å². The van der Waals surface area contributed by atoms with Crippen molar-refractivity contribution < 1.29 is 4.79 Å². The van der Waals surface area contributed by atoms with Gasteiger partial charge in [0.15, 0.2) is 0 Å². The van der Waals surface area contributed by atoms with Gasteiger partial charge in [0.25, 0.3) is 0 Å². The third-order valence-electron chi connectivity index (χ3n) is 4.20. The second-order valence-corrected chi connectivity index (χ2v) is 6.33. The summed E-state index contributed by atoms with van der Waals surface area (Å²) in [6, 6.07) is -0.429. The van der Waals surface area contributed by atoms with E-state index in [4.69, 9.17) is 11.6 Å². The van der Waals surface area contributed by atoms with Gasteiger partial charge in [0.1, 0.15) is 11.9 Å². The Balaban J connectivity index is 1.66. The van der Waals surface area contributed by atoms with Gasteiger partial charge in [-0.05, 0) is 45.1 Å². The minimum Gasteiger partial charge on any atom is -0.347 e. The van der Waals surface area contributed by atoms with Gasteiger partial charge in [0, 0.05) is 17.6 Å². The number of nitrogens with zero attached hydrogens (tertiary/aromatic N) is 4. The normalized spacial score (nSPS) is 15.1. The summed E-state index contributed by atoms with van der Waals surface area (Å²) in [5.41, 5.74) is 3.46. The first kappa shape index (κ1) is 15.9. The molecule has 0 spiro atoms. The molecule has 1 atom stereocenters. The summed E-state index contributed by atoms with van der Waals surface area (Å²) in [6.07, 6.45) is 7.59. The molecule has 0 bridgehead atoms. The van der Waals surface area contributed by atoms with E-state index in [1.54, 1.807) is 13.1 Å². The number of aryl methyl sites for hydroxylation is 2. The number of carbonyl (C=O) groups excluding carboxylic acids is 1. The molecule has 2 aromatic rings. The largest absolute Gasteiger partial charge is 0.347 e. The number of hydrogen-bond acceptors (Lipinski definition) is 4. The van der Waals surface area contributed by atoms with E-state index in [2.05, 4.69) is 20.4 Å². The lowest BCUT2D eigenvalue weighted by molar-refractivity contribution is -0.124. The van der Waals surface area contributed by atoms with E-state index in [1.807, 2.05) is 6.92 Å². The number of amides is 1. The predicted octanol–water partition coefficient (Wildman–Crippen LogP) is 2.39. The van der Waals surface area contributed by atoms with Crippen LogP contribution in [0.5, 0.6) is 0 Å². The lowest BCUT2D eigenvalue weighted by Crippen LogP contribution is -2.31. The summed E-state index contributed by atoms with van der Waals surface area (Å²) in [5, 5.41) is 7.44. The fraction of sp³-hybridized carbons (Fsp3) is 0.500. The van der Waals surface area contributed by atoms with E-state index in [1.165, 1.54) is 29.3 Å². The number of rotatable bonds is 4. The highest BCUT2D eigenvalue weighted by Crippen LogP contribution is 2.21. The molecule has 23 heavy (non-hydrogen) atoms. The van der Waals surface area contributed by atoms with Crippen LogP contribution in [-0.4, -0.2) is 25.7 Å². The molecule has 0 aliphatic heterocycles. The molecule has 3 rings (SSSR count). The number of fused-ring (bicyclic) bond motifs is 1.